The van der Waals surface area contributed by atoms with E-state index in [-0.39, 0.29) is 23.0 Å². The molecule has 8 nitrogen and oxygen atoms in total. The van der Waals surface area contributed by atoms with Crippen molar-refractivity contribution in [3.8, 4) is 5.75 Å². The molecular formula is C25H27F5N4O4. The summed E-state index contributed by atoms with van der Waals surface area (Å²) in [6, 6.07) is 4.24. The molecule has 0 spiro atoms. The molecule has 0 saturated carbocycles. The fourth-order valence-electron chi connectivity index (χ4n) is 4.95. The number of hydrogen-bond acceptors (Lipinski definition) is 6. The molecule has 0 aliphatic carbocycles. The summed E-state index contributed by atoms with van der Waals surface area (Å²) in [6.07, 6.45) is -5.28. The lowest BCUT2D eigenvalue weighted by Crippen LogP contribution is -2.54. The molecule has 2 fully saturated rings. The van der Waals surface area contributed by atoms with Crippen molar-refractivity contribution < 1.29 is 41.0 Å². The summed E-state index contributed by atoms with van der Waals surface area (Å²) in [5.74, 6) is -6.89. The Hall–Kier alpha value is -3.32. The maximum absolute atomic E-state index is 14.5. The van der Waals surface area contributed by atoms with Gasteiger partial charge >= 0.3 is 6.18 Å². The topological polar surface area (TPSA) is 92.8 Å². The lowest BCUT2D eigenvalue weighted by molar-refractivity contribution is -0.272. The molecule has 2 aliphatic heterocycles. The van der Waals surface area contributed by atoms with E-state index in [1.807, 2.05) is 0 Å². The maximum atomic E-state index is 14.5. The minimum absolute atomic E-state index is 0.136. The number of methoxy groups -OCH3 is 1. The zero-order chi connectivity index (χ0) is 28.0. The number of pyridine rings is 1. The number of aromatic nitrogens is 1. The van der Waals surface area contributed by atoms with Gasteiger partial charge in [0.2, 0.25) is 11.7 Å². The molecule has 206 valence electrons. The standard InChI is InChI=1S/C25H27F5N4O4/c1-12-18(15-5-6-16(26)19(27)20(15)37-4)21(38-24(12,3)25(28,29)30)22(35)33-14-7-8-32-17(11-14)34-10-9-31-13(2)23(34)36/h5-8,11-13,18,21,31H,9-10H2,1-4H3,(H,32,33,35)/t12-,13+,18-,21+,24+/m0/s1. The first kappa shape index (κ1) is 27.7. The number of halogens is 5. The first-order chi connectivity index (χ1) is 17.8. The summed E-state index contributed by atoms with van der Waals surface area (Å²) in [4.78, 5) is 31.5. The number of hydrogen-bond donors (Lipinski definition) is 2. The van der Waals surface area contributed by atoms with Crippen molar-refractivity contribution in [1.29, 1.82) is 0 Å². The lowest BCUT2D eigenvalue weighted by Gasteiger charge is -2.32. The predicted molar refractivity (Wildman–Crippen MR) is 127 cm³/mol. The molecule has 4 rings (SSSR count). The van der Waals surface area contributed by atoms with Crippen LogP contribution < -0.4 is 20.3 Å². The van der Waals surface area contributed by atoms with Crippen LogP contribution >= 0.6 is 0 Å². The van der Waals surface area contributed by atoms with Gasteiger partial charge in [0, 0.05) is 48.4 Å². The van der Waals surface area contributed by atoms with E-state index >= 15 is 0 Å². The van der Waals surface area contributed by atoms with Gasteiger partial charge in [0.25, 0.3) is 5.91 Å². The second kappa shape index (κ2) is 10.1. The van der Waals surface area contributed by atoms with Gasteiger partial charge in [-0.25, -0.2) is 9.37 Å². The Kier molecular flexibility index (Phi) is 7.36. The highest BCUT2D eigenvalue weighted by molar-refractivity contribution is 5.99. The van der Waals surface area contributed by atoms with Gasteiger partial charge in [-0.2, -0.15) is 17.6 Å². The molecule has 2 amide bonds. The van der Waals surface area contributed by atoms with Crippen LogP contribution in [0.2, 0.25) is 0 Å². The van der Waals surface area contributed by atoms with Crippen LogP contribution in [0, 0.1) is 17.6 Å². The number of amides is 2. The van der Waals surface area contributed by atoms with Crippen molar-refractivity contribution in [1.82, 2.24) is 10.3 Å². The third-order valence-corrected chi connectivity index (χ3v) is 7.28. The van der Waals surface area contributed by atoms with Gasteiger partial charge in [0.05, 0.1) is 13.2 Å². The maximum Gasteiger partial charge on any atom is 0.417 e. The Morgan fingerprint density at radius 3 is 2.63 bits per heavy atom. The highest BCUT2D eigenvalue weighted by Gasteiger charge is 2.66. The van der Waals surface area contributed by atoms with Gasteiger partial charge in [-0.3, -0.25) is 14.5 Å². The van der Waals surface area contributed by atoms with E-state index < -0.39 is 59.1 Å². The molecule has 1 aromatic carbocycles. The number of carbonyl (C=O) groups excluding carboxylic acids is 2. The summed E-state index contributed by atoms with van der Waals surface area (Å²) < 4.78 is 81.1. The highest BCUT2D eigenvalue weighted by Crippen LogP contribution is 2.55. The second-order valence-electron chi connectivity index (χ2n) is 9.50. The number of piperazine rings is 1. The van der Waals surface area contributed by atoms with E-state index in [0.29, 0.717) is 13.1 Å². The summed E-state index contributed by atoms with van der Waals surface area (Å²) in [5, 5.41) is 5.55. The smallest absolute Gasteiger partial charge is 0.417 e. The van der Waals surface area contributed by atoms with Gasteiger partial charge in [0.15, 0.2) is 17.2 Å². The SMILES string of the molecule is COc1c([C@H]2[C@H](C(=O)Nc3ccnc(N4CCN[C@H](C)C4=O)c3)O[C@@](C)(C(F)(F)F)[C@H]2C)ccc(F)c1F. The van der Waals surface area contributed by atoms with Gasteiger partial charge in [-0.1, -0.05) is 13.0 Å². The van der Waals surface area contributed by atoms with E-state index in [9.17, 15) is 31.5 Å². The van der Waals surface area contributed by atoms with Crippen molar-refractivity contribution in [3.05, 3.63) is 47.7 Å². The van der Waals surface area contributed by atoms with Crippen LogP contribution in [-0.2, 0) is 14.3 Å². The van der Waals surface area contributed by atoms with Crippen molar-refractivity contribution >= 4 is 23.3 Å². The third kappa shape index (κ3) is 4.68. The van der Waals surface area contributed by atoms with Crippen LogP contribution in [0.4, 0.5) is 33.5 Å². The van der Waals surface area contributed by atoms with Crippen LogP contribution in [0.5, 0.6) is 5.75 Å². The molecular weight excluding hydrogens is 515 g/mol. The molecule has 38 heavy (non-hydrogen) atoms. The molecule has 0 radical (unpaired) electrons. The minimum atomic E-state index is -4.88. The fraction of sp³-hybridized carbons (Fsp3) is 0.480. The normalized spacial score (nSPS) is 27.9. The molecule has 5 atom stereocenters. The Morgan fingerprint density at radius 2 is 1.97 bits per heavy atom. The van der Waals surface area contributed by atoms with Gasteiger partial charge < -0.3 is 20.1 Å². The molecule has 0 bridgehead atoms. The zero-order valence-corrected chi connectivity index (χ0v) is 21.0. The quantitative estimate of drug-likeness (QED) is 0.559. The van der Waals surface area contributed by atoms with Crippen LogP contribution in [0.25, 0.3) is 0 Å². The molecule has 3 heterocycles. The average molecular weight is 543 g/mol. The molecule has 1 aromatic heterocycles. The van der Waals surface area contributed by atoms with E-state index in [1.165, 1.54) is 30.2 Å². The Balaban J connectivity index is 1.69. The van der Waals surface area contributed by atoms with Crippen molar-refractivity contribution in [2.45, 2.75) is 50.6 Å². The number of rotatable bonds is 5. The molecule has 2 N–H and O–H groups in total. The predicted octanol–water partition coefficient (Wildman–Crippen LogP) is 3.77. The largest absolute Gasteiger partial charge is 0.493 e. The lowest BCUT2D eigenvalue weighted by atomic mass is 9.77. The van der Waals surface area contributed by atoms with Crippen LogP contribution in [-0.4, -0.2) is 60.9 Å². The minimum Gasteiger partial charge on any atom is -0.493 e. The van der Waals surface area contributed by atoms with E-state index in [4.69, 9.17) is 9.47 Å². The summed E-state index contributed by atoms with van der Waals surface area (Å²) >= 11 is 0. The first-order valence-corrected chi connectivity index (χ1v) is 11.9. The average Bonchev–Trinajstić information content (AvgIpc) is 3.14. The number of nitrogens with one attached hydrogen (secondary N) is 2. The third-order valence-electron chi connectivity index (χ3n) is 7.28. The Bertz CT molecular complexity index is 1240. The van der Waals surface area contributed by atoms with Crippen molar-refractivity contribution in [3.63, 3.8) is 0 Å². The summed E-state index contributed by atoms with van der Waals surface area (Å²) in [5.41, 5.74) is -2.75. The first-order valence-electron chi connectivity index (χ1n) is 11.9. The van der Waals surface area contributed by atoms with Crippen molar-refractivity contribution in [2.75, 3.05) is 30.4 Å². The van der Waals surface area contributed by atoms with Crippen LogP contribution in [0.3, 0.4) is 0 Å². The Labute approximate surface area is 215 Å². The van der Waals surface area contributed by atoms with E-state index in [0.717, 1.165) is 26.2 Å². The molecule has 2 aromatic rings. The van der Waals surface area contributed by atoms with Gasteiger partial charge in [-0.15, -0.1) is 0 Å². The van der Waals surface area contributed by atoms with Crippen molar-refractivity contribution in [2.24, 2.45) is 5.92 Å². The molecule has 0 unspecified atom stereocenters. The van der Waals surface area contributed by atoms with Gasteiger partial charge in [-0.05, 0) is 26.0 Å². The Morgan fingerprint density at radius 1 is 1.26 bits per heavy atom. The fourth-order valence-corrected chi connectivity index (χ4v) is 4.95. The second-order valence-corrected chi connectivity index (χ2v) is 9.50. The number of nitrogens with zero attached hydrogens (tertiary/aromatic N) is 2. The zero-order valence-electron chi connectivity index (χ0n) is 21.0. The van der Waals surface area contributed by atoms with E-state index in [1.54, 1.807) is 6.92 Å². The van der Waals surface area contributed by atoms with Gasteiger partial charge in [0.1, 0.15) is 11.9 Å². The summed E-state index contributed by atoms with van der Waals surface area (Å²) in [7, 11) is 1.05. The molecule has 2 saturated heterocycles. The highest BCUT2D eigenvalue weighted by atomic mass is 19.4. The number of anilines is 2. The van der Waals surface area contributed by atoms with Crippen LogP contribution in [0.1, 0.15) is 32.3 Å². The molecule has 13 heteroatoms. The monoisotopic (exact) mass is 542 g/mol. The van der Waals surface area contributed by atoms with E-state index in [2.05, 4.69) is 15.6 Å². The van der Waals surface area contributed by atoms with Crippen LogP contribution in [0.15, 0.2) is 30.5 Å². The number of carbonyl (C=O) groups is 2. The molecule has 2 aliphatic rings. The number of alkyl halides is 3. The summed E-state index contributed by atoms with van der Waals surface area (Å²) in [6.45, 7) is 4.59. The number of benzene rings is 1. The number of ether oxygens (including phenoxy) is 2.